The molecule has 25 heavy (non-hydrogen) atoms. The van der Waals surface area contributed by atoms with Gasteiger partial charge in [0.25, 0.3) is 5.69 Å². The standard InChI is InChI=1S/C12H14N4O6S3/c1-14-25(21,22)9-3-4-10(11(6-9)16(17)18)15-7-8-2-5-12(23-8)24(13,19)20/h2-6,14-15H,7H2,1H3,(H2,13,19,20). The smallest absolute Gasteiger partial charge is 0.293 e. The summed E-state index contributed by atoms with van der Waals surface area (Å²) in [5.74, 6) is 0. The van der Waals surface area contributed by atoms with Gasteiger partial charge in [-0.25, -0.2) is 26.7 Å². The number of nitrogens with one attached hydrogen (secondary N) is 2. The number of nitro benzene ring substituents is 1. The van der Waals surface area contributed by atoms with Gasteiger partial charge in [0, 0.05) is 17.5 Å². The number of hydrogen-bond donors (Lipinski definition) is 3. The molecule has 0 aliphatic rings. The Morgan fingerprint density at radius 3 is 2.40 bits per heavy atom. The third-order valence-electron chi connectivity index (χ3n) is 3.12. The van der Waals surface area contributed by atoms with Crippen LogP contribution in [0.2, 0.25) is 0 Å². The molecule has 13 heteroatoms. The first-order valence-corrected chi connectivity index (χ1v) is 10.5. The highest BCUT2D eigenvalue weighted by Gasteiger charge is 2.20. The summed E-state index contributed by atoms with van der Waals surface area (Å²) in [4.78, 5) is 10.8. The molecule has 1 heterocycles. The Kier molecular flexibility index (Phi) is 5.43. The van der Waals surface area contributed by atoms with Gasteiger partial charge in [-0.05, 0) is 31.3 Å². The van der Waals surface area contributed by atoms with Crippen molar-refractivity contribution in [1.82, 2.24) is 4.72 Å². The van der Waals surface area contributed by atoms with Gasteiger partial charge in [0.2, 0.25) is 20.0 Å². The molecule has 0 aliphatic carbocycles. The molecule has 1 aromatic heterocycles. The van der Waals surface area contributed by atoms with Crippen LogP contribution in [0.15, 0.2) is 39.4 Å². The maximum atomic E-state index is 11.7. The van der Waals surface area contributed by atoms with Crippen LogP contribution in [-0.2, 0) is 26.6 Å². The summed E-state index contributed by atoms with van der Waals surface area (Å²) in [5, 5.41) is 19.0. The monoisotopic (exact) mass is 406 g/mol. The van der Waals surface area contributed by atoms with E-state index in [9.17, 15) is 26.9 Å². The van der Waals surface area contributed by atoms with E-state index in [1.807, 2.05) is 0 Å². The molecule has 0 amide bonds. The average Bonchev–Trinajstić information content (AvgIpc) is 3.01. The van der Waals surface area contributed by atoms with Crippen molar-refractivity contribution >= 4 is 42.8 Å². The molecule has 0 atom stereocenters. The molecular formula is C12H14N4O6S3. The molecule has 0 aliphatic heterocycles. The van der Waals surface area contributed by atoms with Gasteiger partial charge in [0.05, 0.1) is 9.82 Å². The zero-order valence-electron chi connectivity index (χ0n) is 12.8. The van der Waals surface area contributed by atoms with E-state index in [1.54, 1.807) is 0 Å². The number of nitrogens with zero attached hydrogens (tertiary/aromatic N) is 1. The lowest BCUT2D eigenvalue weighted by molar-refractivity contribution is -0.384. The summed E-state index contributed by atoms with van der Waals surface area (Å²) in [6.45, 7) is 0.110. The van der Waals surface area contributed by atoms with Crippen molar-refractivity contribution in [2.45, 2.75) is 15.6 Å². The summed E-state index contributed by atoms with van der Waals surface area (Å²) >= 11 is 0.933. The molecular weight excluding hydrogens is 392 g/mol. The first-order valence-electron chi connectivity index (χ1n) is 6.62. The van der Waals surface area contributed by atoms with Gasteiger partial charge in [-0.2, -0.15) is 0 Å². The number of hydrogen-bond acceptors (Lipinski definition) is 8. The van der Waals surface area contributed by atoms with Gasteiger partial charge >= 0.3 is 0 Å². The highest BCUT2D eigenvalue weighted by molar-refractivity contribution is 7.91. The van der Waals surface area contributed by atoms with Crippen LogP contribution in [0.5, 0.6) is 0 Å². The molecule has 0 radical (unpaired) electrons. The first-order chi connectivity index (χ1) is 11.5. The Labute approximate surface area is 147 Å². The van der Waals surface area contributed by atoms with E-state index >= 15 is 0 Å². The number of anilines is 1. The summed E-state index contributed by atoms with van der Waals surface area (Å²) in [5.41, 5.74) is -0.315. The van der Waals surface area contributed by atoms with Gasteiger partial charge in [-0.15, -0.1) is 11.3 Å². The number of sulfonamides is 2. The molecule has 10 nitrogen and oxygen atoms in total. The van der Waals surface area contributed by atoms with Gasteiger partial charge in [0.1, 0.15) is 9.90 Å². The molecule has 136 valence electrons. The summed E-state index contributed by atoms with van der Waals surface area (Å²) in [6, 6.07) is 6.32. The fourth-order valence-electron chi connectivity index (χ4n) is 1.89. The van der Waals surface area contributed by atoms with Crippen molar-refractivity contribution in [3.05, 3.63) is 45.3 Å². The number of benzene rings is 1. The molecule has 4 N–H and O–H groups in total. The number of nitrogens with two attached hydrogens (primary N) is 1. The van der Waals surface area contributed by atoms with E-state index in [0.717, 1.165) is 17.4 Å². The first kappa shape index (κ1) is 19.3. The normalized spacial score (nSPS) is 12.1. The predicted molar refractivity (Wildman–Crippen MR) is 92.4 cm³/mol. The van der Waals surface area contributed by atoms with Crippen LogP contribution in [0, 0.1) is 10.1 Å². The van der Waals surface area contributed by atoms with Crippen LogP contribution in [0.4, 0.5) is 11.4 Å². The zero-order valence-corrected chi connectivity index (χ0v) is 15.2. The molecule has 0 fully saturated rings. The fraction of sp³-hybridized carbons (Fsp3) is 0.167. The molecule has 2 aromatic rings. The van der Waals surface area contributed by atoms with Crippen molar-refractivity contribution in [1.29, 1.82) is 0 Å². The number of nitro groups is 1. The van der Waals surface area contributed by atoms with Crippen LogP contribution >= 0.6 is 11.3 Å². The minimum absolute atomic E-state index is 0.0192. The quantitative estimate of drug-likeness (QED) is 0.453. The van der Waals surface area contributed by atoms with Gasteiger partial charge in [-0.3, -0.25) is 10.1 Å². The third kappa shape index (κ3) is 4.52. The molecule has 0 spiro atoms. The summed E-state index contributed by atoms with van der Waals surface area (Å²) in [7, 11) is -6.41. The van der Waals surface area contributed by atoms with Gasteiger partial charge in [0.15, 0.2) is 0 Å². The second-order valence-electron chi connectivity index (χ2n) is 4.76. The lowest BCUT2D eigenvalue weighted by Gasteiger charge is -2.08. The fourth-order valence-corrected chi connectivity index (χ4v) is 4.35. The highest BCUT2D eigenvalue weighted by Crippen LogP contribution is 2.29. The minimum atomic E-state index is -3.81. The van der Waals surface area contributed by atoms with Crippen LogP contribution in [0.1, 0.15) is 4.88 Å². The Hall–Kier alpha value is -2.06. The van der Waals surface area contributed by atoms with Crippen molar-refractivity contribution < 1.29 is 21.8 Å². The predicted octanol–water partition coefficient (Wildman–Crippen LogP) is 0.824. The van der Waals surface area contributed by atoms with E-state index < -0.39 is 30.7 Å². The van der Waals surface area contributed by atoms with Crippen LogP contribution < -0.4 is 15.2 Å². The van der Waals surface area contributed by atoms with Crippen LogP contribution in [0.3, 0.4) is 0 Å². The second-order valence-corrected chi connectivity index (χ2v) is 9.61. The Bertz CT molecular complexity index is 1010. The summed E-state index contributed by atoms with van der Waals surface area (Å²) in [6.07, 6.45) is 0. The van der Waals surface area contributed by atoms with Crippen molar-refractivity contribution in [2.75, 3.05) is 12.4 Å². The molecule has 2 rings (SSSR count). The van der Waals surface area contributed by atoms with E-state index in [2.05, 4.69) is 10.0 Å². The van der Waals surface area contributed by atoms with Gasteiger partial charge < -0.3 is 5.32 Å². The van der Waals surface area contributed by atoms with Crippen LogP contribution in [-0.4, -0.2) is 28.8 Å². The number of primary sulfonamides is 1. The lowest BCUT2D eigenvalue weighted by atomic mass is 10.2. The van der Waals surface area contributed by atoms with E-state index in [1.165, 1.54) is 31.3 Å². The molecule has 1 aromatic carbocycles. The topological polar surface area (TPSA) is 162 Å². The van der Waals surface area contributed by atoms with E-state index in [-0.39, 0.29) is 21.3 Å². The van der Waals surface area contributed by atoms with Gasteiger partial charge in [-0.1, -0.05) is 0 Å². The highest BCUT2D eigenvalue weighted by atomic mass is 32.2. The second kappa shape index (κ2) is 7.05. The van der Waals surface area contributed by atoms with Crippen molar-refractivity contribution in [3.63, 3.8) is 0 Å². The lowest BCUT2D eigenvalue weighted by Crippen LogP contribution is -2.18. The molecule has 0 unspecified atom stereocenters. The zero-order chi connectivity index (χ0) is 18.8. The number of thiophene rings is 1. The molecule has 0 saturated heterocycles. The molecule has 0 bridgehead atoms. The SMILES string of the molecule is CNS(=O)(=O)c1ccc(NCc2ccc(S(N)(=O)=O)s2)c([N+](=O)[O-])c1. The average molecular weight is 406 g/mol. The Morgan fingerprint density at radius 2 is 1.88 bits per heavy atom. The Morgan fingerprint density at radius 1 is 1.20 bits per heavy atom. The van der Waals surface area contributed by atoms with Crippen molar-refractivity contribution in [2.24, 2.45) is 5.14 Å². The minimum Gasteiger partial charge on any atom is -0.375 e. The Balaban J connectivity index is 2.28. The molecule has 0 saturated carbocycles. The maximum Gasteiger partial charge on any atom is 0.293 e. The summed E-state index contributed by atoms with van der Waals surface area (Å²) < 4.78 is 48.0. The van der Waals surface area contributed by atoms with Crippen molar-refractivity contribution in [3.8, 4) is 0 Å². The van der Waals surface area contributed by atoms with E-state index in [0.29, 0.717) is 4.88 Å². The largest absolute Gasteiger partial charge is 0.375 e. The maximum absolute atomic E-state index is 11.7. The van der Waals surface area contributed by atoms with Crippen LogP contribution in [0.25, 0.3) is 0 Å². The third-order valence-corrected chi connectivity index (χ3v) is 7.05. The number of rotatable bonds is 7. The van der Waals surface area contributed by atoms with E-state index in [4.69, 9.17) is 5.14 Å².